The van der Waals surface area contributed by atoms with Crippen LogP contribution in [-0.2, 0) is 17.1 Å². The van der Waals surface area contributed by atoms with Crippen LogP contribution >= 0.6 is 11.6 Å². The van der Waals surface area contributed by atoms with Crippen LogP contribution in [0, 0.1) is 6.92 Å². The Hall–Kier alpha value is -1.41. The standard InChI is InChI=1S/C17H25ClN4O2S/c1-5-22(6-2)16(14-9-7-8-10-15(14)18)11-19-25(23,24)17-12-21(4)13(3)20-17/h7-10,12,16,19H,5-6,11H2,1-4H3. The Morgan fingerprint density at radius 2 is 1.92 bits per heavy atom. The van der Waals surface area contributed by atoms with E-state index in [1.54, 1.807) is 18.5 Å². The van der Waals surface area contributed by atoms with Crippen molar-refractivity contribution < 1.29 is 8.42 Å². The summed E-state index contributed by atoms with van der Waals surface area (Å²) in [4.78, 5) is 6.28. The molecule has 0 saturated carbocycles. The highest BCUT2D eigenvalue weighted by atomic mass is 35.5. The van der Waals surface area contributed by atoms with Gasteiger partial charge >= 0.3 is 0 Å². The van der Waals surface area contributed by atoms with Gasteiger partial charge in [-0.1, -0.05) is 43.6 Å². The van der Waals surface area contributed by atoms with Crippen molar-refractivity contribution >= 4 is 21.6 Å². The molecule has 0 aliphatic heterocycles. The lowest BCUT2D eigenvalue weighted by atomic mass is 10.1. The van der Waals surface area contributed by atoms with Gasteiger partial charge in [0.05, 0.1) is 0 Å². The fourth-order valence-electron chi connectivity index (χ4n) is 2.76. The Balaban J connectivity index is 2.27. The number of imidazole rings is 1. The van der Waals surface area contributed by atoms with Gasteiger partial charge in [-0.3, -0.25) is 4.90 Å². The van der Waals surface area contributed by atoms with Crippen molar-refractivity contribution in [1.29, 1.82) is 0 Å². The molecule has 6 nitrogen and oxygen atoms in total. The van der Waals surface area contributed by atoms with E-state index in [-0.39, 0.29) is 17.6 Å². The zero-order valence-corrected chi connectivity index (χ0v) is 16.6. The number of halogens is 1. The van der Waals surface area contributed by atoms with Crippen molar-refractivity contribution in [2.45, 2.75) is 31.8 Å². The van der Waals surface area contributed by atoms with Crippen molar-refractivity contribution in [3.8, 4) is 0 Å². The number of benzene rings is 1. The first-order valence-electron chi connectivity index (χ1n) is 8.28. The third-order valence-corrected chi connectivity index (χ3v) is 5.98. The summed E-state index contributed by atoms with van der Waals surface area (Å²) in [5, 5.41) is 0.664. The SMILES string of the molecule is CCN(CC)C(CNS(=O)(=O)c1cn(C)c(C)n1)c1ccccc1Cl. The average molecular weight is 385 g/mol. The van der Waals surface area contributed by atoms with Crippen molar-refractivity contribution in [2.75, 3.05) is 19.6 Å². The van der Waals surface area contributed by atoms with Crippen LogP contribution in [-0.4, -0.2) is 42.5 Å². The summed E-state index contributed by atoms with van der Waals surface area (Å²) >= 11 is 6.35. The van der Waals surface area contributed by atoms with Gasteiger partial charge in [0.2, 0.25) is 0 Å². The molecule has 1 atom stereocenters. The maximum atomic E-state index is 12.6. The van der Waals surface area contributed by atoms with Crippen molar-refractivity contribution in [3.05, 3.63) is 46.9 Å². The molecule has 0 amide bonds. The summed E-state index contributed by atoms with van der Waals surface area (Å²) in [7, 11) is -1.91. The fourth-order valence-corrected chi connectivity index (χ4v) is 4.10. The molecule has 0 fully saturated rings. The fraction of sp³-hybridized carbons (Fsp3) is 0.471. The van der Waals surface area contributed by atoms with Crippen LogP contribution < -0.4 is 4.72 Å². The molecular weight excluding hydrogens is 360 g/mol. The van der Waals surface area contributed by atoms with Gasteiger partial charge in [0.25, 0.3) is 10.0 Å². The Morgan fingerprint density at radius 3 is 2.44 bits per heavy atom. The van der Waals surface area contributed by atoms with Gasteiger partial charge < -0.3 is 4.57 Å². The molecular formula is C17H25ClN4O2S. The van der Waals surface area contributed by atoms with E-state index >= 15 is 0 Å². The second-order valence-corrected chi connectivity index (χ2v) is 7.97. The van der Waals surface area contributed by atoms with Gasteiger partial charge in [-0.25, -0.2) is 18.1 Å². The zero-order chi connectivity index (χ0) is 18.6. The molecule has 0 aliphatic rings. The lowest BCUT2D eigenvalue weighted by Crippen LogP contribution is -2.38. The highest BCUT2D eigenvalue weighted by molar-refractivity contribution is 7.89. The normalized spacial score (nSPS) is 13.4. The van der Waals surface area contributed by atoms with E-state index in [1.165, 1.54) is 6.20 Å². The molecule has 0 radical (unpaired) electrons. The van der Waals surface area contributed by atoms with Gasteiger partial charge in [0, 0.05) is 30.9 Å². The quantitative estimate of drug-likeness (QED) is 0.759. The summed E-state index contributed by atoms with van der Waals surface area (Å²) < 4.78 is 29.5. The first kappa shape index (κ1) is 19.9. The number of sulfonamides is 1. The lowest BCUT2D eigenvalue weighted by molar-refractivity contribution is 0.220. The summed E-state index contributed by atoms with van der Waals surface area (Å²) in [6, 6.07) is 7.39. The molecule has 0 saturated heterocycles. The number of nitrogens with zero attached hydrogens (tertiary/aromatic N) is 3. The smallest absolute Gasteiger partial charge is 0.259 e. The first-order chi connectivity index (χ1) is 11.8. The number of hydrogen-bond acceptors (Lipinski definition) is 4. The molecule has 1 N–H and O–H groups in total. The summed E-state index contributed by atoms with van der Waals surface area (Å²) in [5.74, 6) is 0.645. The molecule has 0 aliphatic carbocycles. The minimum absolute atomic E-state index is 0.0324. The average Bonchev–Trinajstić information content (AvgIpc) is 2.92. The minimum Gasteiger partial charge on any atom is -0.337 e. The van der Waals surface area contributed by atoms with E-state index in [0.717, 1.165) is 18.7 Å². The minimum atomic E-state index is -3.68. The predicted octanol–water partition coefficient (Wildman–Crippen LogP) is 2.74. The topological polar surface area (TPSA) is 67.2 Å². The van der Waals surface area contributed by atoms with Crippen LogP contribution in [0.15, 0.2) is 35.5 Å². The van der Waals surface area contributed by atoms with E-state index in [9.17, 15) is 8.42 Å². The van der Waals surface area contributed by atoms with Gasteiger partial charge in [0.15, 0.2) is 5.03 Å². The van der Waals surface area contributed by atoms with Crippen LogP contribution in [0.4, 0.5) is 0 Å². The second-order valence-electron chi connectivity index (χ2n) is 5.85. The van der Waals surface area contributed by atoms with Crippen LogP contribution in [0.1, 0.15) is 31.3 Å². The molecule has 1 aromatic heterocycles. The van der Waals surface area contributed by atoms with Crippen LogP contribution in [0.3, 0.4) is 0 Å². The molecule has 0 spiro atoms. The van der Waals surface area contributed by atoms with Crippen molar-refractivity contribution in [3.63, 3.8) is 0 Å². The molecule has 8 heteroatoms. The summed E-state index contributed by atoms with van der Waals surface area (Å²) in [5.41, 5.74) is 0.910. The Kier molecular flexibility index (Phi) is 6.62. The van der Waals surface area contributed by atoms with E-state index in [2.05, 4.69) is 14.6 Å². The second kappa shape index (κ2) is 8.31. The first-order valence-corrected chi connectivity index (χ1v) is 10.1. The zero-order valence-electron chi connectivity index (χ0n) is 15.0. The van der Waals surface area contributed by atoms with E-state index in [1.807, 2.05) is 38.1 Å². The van der Waals surface area contributed by atoms with Crippen molar-refractivity contribution in [2.24, 2.45) is 7.05 Å². The van der Waals surface area contributed by atoms with Crippen molar-refractivity contribution in [1.82, 2.24) is 19.2 Å². The largest absolute Gasteiger partial charge is 0.337 e. The molecule has 25 heavy (non-hydrogen) atoms. The molecule has 2 aromatic rings. The van der Waals surface area contributed by atoms with Crippen LogP contribution in [0.2, 0.25) is 5.02 Å². The maximum absolute atomic E-state index is 12.6. The van der Waals surface area contributed by atoms with Gasteiger partial charge in [-0.2, -0.15) is 0 Å². The summed E-state index contributed by atoms with van der Waals surface area (Å²) in [6.07, 6.45) is 1.51. The number of nitrogens with one attached hydrogen (secondary N) is 1. The number of rotatable bonds is 8. The maximum Gasteiger partial charge on any atom is 0.259 e. The third kappa shape index (κ3) is 4.61. The predicted molar refractivity (Wildman–Crippen MR) is 100 cm³/mol. The van der Waals surface area contributed by atoms with E-state index in [4.69, 9.17) is 11.6 Å². The molecule has 1 unspecified atom stereocenters. The Labute approximate surface area is 154 Å². The van der Waals surface area contributed by atoms with Crippen LogP contribution in [0.5, 0.6) is 0 Å². The highest BCUT2D eigenvalue weighted by Gasteiger charge is 2.25. The number of likely N-dealkylation sites (N-methyl/N-ethyl adjacent to an activating group) is 1. The van der Waals surface area contributed by atoms with Crippen LogP contribution in [0.25, 0.3) is 0 Å². The lowest BCUT2D eigenvalue weighted by Gasteiger charge is -2.30. The molecule has 2 rings (SSSR count). The Morgan fingerprint density at radius 1 is 1.28 bits per heavy atom. The van der Waals surface area contributed by atoms with Gasteiger partial charge in [-0.15, -0.1) is 0 Å². The monoisotopic (exact) mass is 384 g/mol. The van der Waals surface area contributed by atoms with Gasteiger partial charge in [-0.05, 0) is 31.6 Å². The highest BCUT2D eigenvalue weighted by Crippen LogP contribution is 2.27. The number of aryl methyl sites for hydroxylation is 2. The third-order valence-electron chi connectivity index (χ3n) is 4.35. The van der Waals surface area contributed by atoms with E-state index in [0.29, 0.717) is 10.8 Å². The van der Waals surface area contributed by atoms with Gasteiger partial charge in [0.1, 0.15) is 5.82 Å². The summed E-state index contributed by atoms with van der Waals surface area (Å²) in [6.45, 7) is 7.66. The van der Waals surface area contributed by atoms with E-state index < -0.39 is 10.0 Å². The molecule has 1 aromatic carbocycles. The number of hydrogen-bond donors (Lipinski definition) is 1. The number of aromatic nitrogens is 2. The molecule has 1 heterocycles. The molecule has 0 bridgehead atoms. The molecule has 138 valence electrons. The Bertz CT molecular complexity index is 796.